The summed E-state index contributed by atoms with van der Waals surface area (Å²) in [6.07, 6.45) is 8.31. The Bertz CT molecular complexity index is 556. The first-order valence-electron chi connectivity index (χ1n) is 9.10. The van der Waals surface area contributed by atoms with Gasteiger partial charge >= 0.3 is 0 Å². The minimum absolute atomic E-state index is 0.237. The molecule has 3 N–H and O–H groups in total. The lowest BCUT2D eigenvalue weighted by molar-refractivity contribution is -0.130. The maximum Gasteiger partial charge on any atom is 0.281 e. The Morgan fingerprint density at radius 2 is 1.88 bits per heavy atom. The number of rotatable bonds is 8. The highest BCUT2D eigenvalue weighted by Crippen LogP contribution is 2.27. The molecule has 1 aliphatic rings. The van der Waals surface area contributed by atoms with E-state index in [4.69, 9.17) is 5.73 Å². The number of carbonyl (C=O) groups is 2. The summed E-state index contributed by atoms with van der Waals surface area (Å²) in [5, 5.41) is 2.89. The van der Waals surface area contributed by atoms with E-state index in [0.29, 0.717) is 19.5 Å². The molecule has 1 saturated carbocycles. The van der Waals surface area contributed by atoms with E-state index in [2.05, 4.69) is 5.32 Å². The van der Waals surface area contributed by atoms with E-state index in [1.807, 2.05) is 36.2 Å². The molecule has 0 aromatic heterocycles. The van der Waals surface area contributed by atoms with Crippen LogP contribution in [0.25, 0.3) is 0 Å². The third kappa shape index (κ3) is 7.38. The minimum atomic E-state index is -0.408. The fourth-order valence-corrected chi connectivity index (χ4v) is 3.75. The SMILES string of the molecule is CN(CCNc1ccc(SC(N)=O)cc1)C(=O)CCC1CCCCC1. The van der Waals surface area contributed by atoms with E-state index in [9.17, 15) is 9.59 Å². The molecule has 0 unspecified atom stereocenters. The maximum atomic E-state index is 12.2. The lowest BCUT2D eigenvalue weighted by Crippen LogP contribution is -2.31. The number of primary amides is 1. The van der Waals surface area contributed by atoms with Gasteiger partial charge in [-0.2, -0.15) is 0 Å². The van der Waals surface area contributed by atoms with E-state index < -0.39 is 5.24 Å². The van der Waals surface area contributed by atoms with Gasteiger partial charge in [-0.3, -0.25) is 9.59 Å². The van der Waals surface area contributed by atoms with Crippen molar-refractivity contribution in [2.45, 2.75) is 49.8 Å². The van der Waals surface area contributed by atoms with Crippen molar-refractivity contribution in [2.75, 3.05) is 25.5 Å². The van der Waals surface area contributed by atoms with E-state index in [0.717, 1.165) is 34.7 Å². The van der Waals surface area contributed by atoms with Crippen LogP contribution in [0.5, 0.6) is 0 Å². The number of anilines is 1. The van der Waals surface area contributed by atoms with Gasteiger partial charge in [-0.25, -0.2) is 0 Å². The number of carbonyl (C=O) groups excluding carboxylic acids is 2. The summed E-state index contributed by atoms with van der Waals surface area (Å²) in [7, 11) is 1.87. The van der Waals surface area contributed by atoms with E-state index in [1.165, 1.54) is 32.1 Å². The largest absolute Gasteiger partial charge is 0.383 e. The standard InChI is InChI=1S/C19H29N3O2S/c1-22(18(23)12-7-15-5-3-2-4-6-15)14-13-21-16-8-10-17(11-9-16)25-19(20)24/h8-11,15,21H,2-7,12-14H2,1H3,(H2,20,24). The van der Waals surface area contributed by atoms with E-state index in [1.54, 1.807) is 0 Å². The van der Waals surface area contributed by atoms with Gasteiger partial charge in [0.25, 0.3) is 5.24 Å². The van der Waals surface area contributed by atoms with Crippen LogP contribution in [0.3, 0.4) is 0 Å². The van der Waals surface area contributed by atoms with Gasteiger partial charge in [0.15, 0.2) is 0 Å². The monoisotopic (exact) mass is 363 g/mol. The molecule has 0 heterocycles. The molecule has 0 aliphatic heterocycles. The fourth-order valence-electron chi connectivity index (χ4n) is 3.24. The molecule has 138 valence electrons. The quantitative estimate of drug-likeness (QED) is 0.682. The summed E-state index contributed by atoms with van der Waals surface area (Å²) >= 11 is 1.02. The van der Waals surface area contributed by atoms with Gasteiger partial charge in [-0.1, -0.05) is 32.1 Å². The first-order valence-corrected chi connectivity index (χ1v) is 9.91. The first kappa shape index (κ1) is 19.6. The van der Waals surface area contributed by atoms with E-state index in [-0.39, 0.29) is 5.91 Å². The lowest BCUT2D eigenvalue weighted by atomic mass is 9.86. The highest BCUT2D eigenvalue weighted by molar-refractivity contribution is 8.13. The molecule has 0 spiro atoms. The molecule has 1 aromatic carbocycles. The summed E-state index contributed by atoms with van der Waals surface area (Å²) in [5.41, 5.74) is 6.12. The zero-order valence-electron chi connectivity index (χ0n) is 15.0. The molecule has 0 saturated heterocycles. The predicted octanol–water partition coefficient (Wildman–Crippen LogP) is 4.09. The average molecular weight is 364 g/mol. The summed E-state index contributed by atoms with van der Waals surface area (Å²) in [6, 6.07) is 7.54. The van der Waals surface area contributed by atoms with Crippen LogP contribution in [0.2, 0.25) is 0 Å². The Kier molecular flexibility index (Phi) is 8.12. The van der Waals surface area contributed by atoms with Crippen molar-refractivity contribution in [3.63, 3.8) is 0 Å². The van der Waals surface area contributed by atoms with Crippen molar-refractivity contribution in [3.05, 3.63) is 24.3 Å². The fraction of sp³-hybridized carbons (Fsp3) is 0.579. The third-order valence-electron chi connectivity index (χ3n) is 4.77. The number of thioether (sulfide) groups is 1. The smallest absolute Gasteiger partial charge is 0.281 e. The number of amides is 2. The van der Waals surface area contributed by atoms with Crippen LogP contribution in [0.1, 0.15) is 44.9 Å². The van der Waals surface area contributed by atoms with Crippen molar-refractivity contribution in [3.8, 4) is 0 Å². The Morgan fingerprint density at radius 3 is 2.52 bits per heavy atom. The number of benzene rings is 1. The number of nitrogens with one attached hydrogen (secondary N) is 1. The Morgan fingerprint density at radius 1 is 1.20 bits per heavy atom. The second kappa shape index (κ2) is 10.3. The second-order valence-electron chi connectivity index (χ2n) is 6.73. The van der Waals surface area contributed by atoms with Gasteiger partial charge in [0.1, 0.15) is 0 Å². The molecule has 0 radical (unpaired) electrons. The molecule has 0 bridgehead atoms. The van der Waals surface area contributed by atoms with Crippen LogP contribution in [0.15, 0.2) is 29.2 Å². The lowest BCUT2D eigenvalue weighted by Gasteiger charge is -2.23. The first-order chi connectivity index (χ1) is 12.0. The van der Waals surface area contributed by atoms with Gasteiger partial charge in [-0.15, -0.1) is 0 Å². The van der Waals surface area contributed by atoms with Crippen molar-refractivity contribution < 1.29 is 9.59 Å². The molecule has 0 atom stereocenters. The number of nitrogens with zero attached hydrogens (tertiary/aromatic N) is 1. The summed E-state index contributed by atoms with van der Waals surface area (Å²) < 4.78 is 0. The van der Waals surface area contributed by atoms with Gasteiger partial charge < -0.3 is 16.0 Å². The maximum absolute atomic E-state index is 12.2. The summed E-state index contributed by atoms with van der Waals surface area (Å²) in [5.74, 6) is 0.988. The molecule has 1 aromatic rings. The van der Waals surface area contributed by atoms with Crippen LogP contribution in [0, 0.1) is 5.92 Å². The number of hydrogen-bond acceptors (Lipinski definition) is 4. The molecule has 25 heavy (non-hydrogen) atoms. The Labute approximate surface area is 154 Å². The van der Waals surface area contributed by atoms with Crippen molar-refractivity contribution in [1.29, 1.82) is 0 Å². The van der Waals surface area contributed by atoms with Gasteiger partial charge in [0, 0.05) is 37.1 Å². The predicted molar refractivity (Wildman–Crippen MR) is 104 cm³/mol. The van der Waals surface area contributed by atoms with Crippen LogP contribution < -0.4 is 11.1 Å². The van der Waals surface area contributed by atoms with Gasteiger partial charge in [-0.05, 0) is 48.4 Å². The molecule has 1 aliphatic carbocycles. The average Bonchev–Trinajstić information content (AvgIpc) is 2.61. The van der Waals surface area contributed by atoms with Gasteiger partial charge in [0.05, 0.1) is 0 Å². The molecule has 2 amide bonds. The Balaban J connectivity index is 1.64. The molecule has 1 fully saturated rings. The third-order valence-corrected chi connectivity index (χ3v) is 5.48. The highest BCUT2D eigenvalue weighted by atomic mass is 32.2. The number of hydrogen-bond donors (Lipinski definition) is 2. The van der Waals surface area contributed by atoms with Crippen LogP contribution >= 0.6 is 11.8 Å². The molecule has 2 rings (SSSR count). The summed E-state index contributed by atoms with van der Waals surface area (Å²) in [6.45, 7) is 1.38. The Hall–Kier alpha value is -1.69. The zero-order chi connectivity index (χ0) is 18.1. The van der Waals surface area contributed by atoms with Crippen LogP contribution in [-0.2, 0) is 4.79 Å². The van der Waals surface area contributed by atoms with Crippen molar-refractivity contribution in [2.24, 2.45) is 11.7 Å². The number of likely N-dealkylation sites (N-methyl/N-ethyl adjacent to an activating group) is 1. The molecule has 6 heteroatoms. The zero-order valence-corrected chi connectivity index (χ0v) is 15.8. The second-order valence-corrected chi connectivity index (χ2v) is 7.81. The topological polar surface area (TPSA) is 75.4 Å². The van der Waals surface area contributed by atoms with Crippen LogP contribution in [0.4, 0.5) is 10.5 Å². The normalized spacial score (nSPS) is 14.9. The summed E-state index contributed by atoms with van der Waals surface area (Å²) in [4.78, 5) is 25.7. The highest BCUT2D eigenvalue weighted by Gasteiger charge is 2.16. The molecular weight excluding hydrogens is 334 g/mol. The van der Waals surface area contributed by atoms with Crippen molar-refractivity contribution >= 4 is 28.6 Å². The van der Waals surface area contributed by atoms with Crippen LogP contribution in [-0.4, -0.2) is 36.2 Å². The minimum Gasteiger partial charge on any atom is -0.383 e. The molecule has 5 nitrogen and oxygen atoms in total. The molecular formula is C19H29N3O2S. The van der Waals surface area contributed by atoms with E-state index >= 15 is 0 Å². The number of nitrogens with two attached hydrogens (primary N) is 1. The van der Waals surface area contributed by atoms with Gasteiger partial charge in [0.2, 0.25) is 5.91 Å². The van der Waals surface area contributed by atoms with Crippen molar-refractivity contribution in [1.82, 2.24) is 4.90 Å².